The fourth-order valence-corrected chi connectivity index (χ4v) is 3.55. The number of benzene rings is 1. The van der Waals surface area contributed by atoms with E-state index >= 15 is 0 Å². The quantitative estimate of drug-likeness (QED) is 0.726. The Balaban J connectivity index is 1.76. The molecule has 1 aromatic heterocycles. The molecule has 0 aliphatic carbocycles. The predicted octanol–water partition coefficient (Wildman–Crippen LogP) is 1.54. The molecule has 0 saturated carbocycles. The van der Waals surface area contributed by atoms with E-state index in [4.69, 9.17) is 4.74 Å². The van der Waals surface area contributed by atoms with E-state index in [1.165, 1.54) is 23.9 Å². The van der Waals surface area contributed by atoms with Gasteiger partial charge in [-0.3, -0.25) is 4.79 Å². The van der Waals surface area contributed by atoms with Gasteiger partial charge in [0.25, 0.3) is 0 Å². The number of thioether (sulfide) groups is 1. The van der Waals surface area contributed by atoms with Gasteiger partial charge in [0, 0.05) is 18.7 Å². The van der Waals surface area contributed by atoms with E-state index in [1.54, 1.807) is 12.1 Å². The Morgan fingerprint density at radius 3 is 2.69 bits per heavy atom. The highest BCUT2D eigenvalue weighted by Gasteiger charge is 2.23. The number of hydrazone groups is 1. The summed E-state index contributed by atoms with van der Waals surface area (Å²) in [5.41, 5.74) is 3.99. The third-order valence-corrected chi connectivity index (χ3v) is 5.15. The van der Waals surface area contributed by atoms with E-state index in [0.717, 1.165) is 0 Å². The van der Waals surface area contributed by atoms with Crippen LogP contribution in [0, 0.1) is 17.1 Å². The van der Waals surface area contributed by atoms with Gasteiger partial charge in [-0.1, -0.05) is 11.8 Å². The third kappa shape index (κ3) is 4.28. The van der Waals surface area contributed by atoms with Crippen LogP contribution in [0.3, 0.4) is 0 Å². The van der Waals surface area contributed by atoms with Crippen LogP contribution in [-0.4, -0.2) is 53.1 Å². The maximum atomic E-state index is 13.4. The molecule has 0 atom stereocenters. The first-order valence-electron chi connectivity index (χ1n) is 8.81. The van der Waals surface area contributed by atoms with E-state index in [-0.39, 0.29) is 17.7 Å². The third-order valence-electron chi connectivity index (χ3n) is 4.27. The molecular weight excluding hydrogens is 397 g/mol. The Labute approximate surface area is 170 Å². The van der Waals surface area contributed by atoms with Gasteiger partial charge in [0.1, 0.15) is 17.4 Å². The first kappa shape index (κ1) is 19.1. The van der Waals surface area contributed by atoms with Crippen LogP contribution >= 0.6 is 11.8 Å². The van der Waals surface area contributed by atoms with E-state index in [2.05, 4.69) is 31.9 Å². The molecule has 148 valence electrons. The number of morpholine rings is 1. The van der Waals surface area contributed by atoms with Gasteiger partial charge in [-0.25, -0.2) is 14.8 Å². The summed E-state index contributed by atoms with van der Waals surface area (Å²) in [5, 5.41) is 17.0. The lowest BCUT2D eigenvalue weighted by Crippen LogP contribution is -2.37. The number of nitriles is 1. The Morgan fingerprint density at radius 1 is 1.28 bits per heavy atom. The molecule has 0 bridgehead atoms. The first-order chi connectivity index (χ1) is 14.1. The number of anilines is 2. The number of halogens is 1. The molecule has 2 aliphatic heterocycles. The van der Waals surface area contributed by atoms with Crippen molar-refractivity contribution in [2.75, 3.05) is 42.4 Å². The zero-order valence-corrected chi connectivity index (χ0v) is 16.0. The molecule has 2 fully saturated rings. The van der Waals surface area contributed by atoms with Crippen molar-refractivity contribution < 1.29 is 13.9 Å². The number of amides is 1. The molecule has 1 amide bonds. The van der Waals surface area contributed by atoms with Crippen LogP contribution in [0.4, 0.5) is 16.2 Å². The van der Waals surface area contributed by atoms with Gasteiger partial charge in [0.15, 0.2) is 11.0 Å². The van der Waals surface area contributed by atoms with Crippen LogP contribution < -0.4 is 15.6 Å². The summed E-state index contributed by atoms with van der Waals surface area (Å²) in [5.74, 6) is 0.412. The number of ether oxygens (including phenoxy) is 1. The summed E-state index contributed by atoms with van der Waals surface area (Å²) in [7, 11) is 0. The highest BCUT2D eigenvalue weighted by atomic mass is 32.2. The molecule has 29 heavy (non-hydrogen) atoms. The van der Waals surface area contributed by atoms with Crippen LogP contribution in [0.15, 0.2) is 29.4 Å². The van der Waals surface area contributed by atoms with Crippen LogP contribution in [0.5, 0.6) is 0 Å². The number of hydrogen-bond donors (Lipinski definition) is 2. The zero-order chi connectivity index (χ0) is 20.2. The lowest BCUT2D eigenvalue weighted by atomic mass is 10.1. The average Bonchev–Trinajstić information content (AvgIpc) is 3.18. The maximum absolute atomic E-state index is 13.4. The lowest BCUT2D eigenvalue weighted by molar-refractivity contribution is -0.116. The lowest BCUT2D eigenvalue weighted by Gasteiger charge is -2.29. The molecule has 2 aromatic rings. The second kappa shape index (κ2) is 8.42. The van der Waals surface area contributed by atoms with Gasteiger partial charge < -0.3 is 15.0 Å². The number of carbonyl (C=O) groups excluding carboxylic acids is 1. The molecular formula is C18H16FN7O2S. The second-order valence-electron chi connectivity index (χ2n) is 6.18. The minimum absolute atomic E-state index is 0.127. The molecule has 9 nitrogen and oxygen atoms in total. The van der Waals surface area contributed by atoms with Crippen molar-refractivity contribution in [1.29, 1.82) is 5.26 Å². The number of aromatic nitrogens is 2. The molecule has 4 rings (SSSR count). The number of amidine groups is 1. The molecule has 2 aliphatic rings. The van der Waals surface area contributed by atoms with Crippen molar-refractivity contribution in [3.8, 4) is 17.3 Å². The molecule has 2 N–H and O–H groups in total. The minimum Gasteiger partial charge on any atom is -0.378 e. The molecule has 0 unspecified atom stereocenters. The first-order valence-corrected chi connectivity index (χ1v) is 9.80. The van der Waals surface area contributed by atoms with Crippen LogP contribution in [-0.2, 0) is 9.53 Å². The Bertz CT molecular complexity index is 1000. The molecule has 11 heteroatoms. The maximum Gasteiger partial charge on any atom is 0.246 e. The van der Waals surface area contributed by atoms with Gasteiger partial charge in [-0.05, 0) is 24.3 Å². The summed E-state index contributed by atoms with van der Waals surface area (Å²) in [4.78, 5) is 22.2. The van der Waals surface area contributed by atoms with E-state index in [1.807, 2.05) is 4.90 Å². The molecule has 0 spiro atoms. The highest BCUT2D eigenvalue weighted by molar-refractivity contribution is 8.15. The fraction of sp³-hybridized carbons (Fsp3) is 0.278. The van der Waals surface area contributed by atoms with Crippen molar-refractivity contribution in [2.45, 2.75) is 0 Å². The molecule has 3 heterocycles. The van der Waals surface area contributed by atoms with Gasteiger partial charge in [0.2, 0.25) is 11.9 Å². The normalized spacial score (nSPS) is 17.9. The number of nitrogens with zero attached hydrogens (tertiary/aromatic N) is 5. The number of hydrogen-bond acceptors (Lipinski definition) is 9. The SMILES string of the molecule is N#Cc1c(-c2ccc(F)cc2)nc(N/N=C2\NC(=O)CS2)nc1N1CCOCC1. The Morgan fingerprint density at radius 2 is 2.03 bits per heavy atom. The minimum atomic E-state index is -0.381. The van der Waals surface area contributed by atoms with Gasteiger partial charge >= 0.3 is 0 Å². The predicted molar refractivity (Wildman–Crippen MR) is 107 cm³/mol. The summed E-state index contributed by atoms with van der Waals surface area (Å²) >= 11 is 1.26. The van der Waals surface area contributed by atoms with E-state index in [0.29, 0.717) is 59.9 Å². The van der Waals surface area contributed by atoms with Crippen molar-refractivity contribution in [2.24, 2.45) is 5.10 Å². The van der Waals surface area contributed by atoms with Crippen molar-refractivity contribution in [1.82, 2.24) is 15.3 Å². The summed E-state index contributed by atoms with van der Waals surface area (Å²) in [6, 6.07) is 7.92. The number of carbonyl (C=O) groups is 1. The summed E-state index contributed by atoms with van der Waals surface area (Å²) in [6.45, 7) is 2.20. The van der Waals surface area contributed by atoms with Gasteiger partial charge in [-0.15, -0.1) is 5.10 Å². The van der Waals surface area contributed by atoms with Crippen LogP contribution in [0.1, 0.15) is 5.56 Å². The second-order valence-corrected chi connectivity index (χ2v) is 7.14. The summed E-state index contributed by atoms with van der Waals surface area (Å²) < 4.78 is 18.8. The largest absolute Gasteiger partial charge is 0.378 e. The Hall–Kier alpha value is -3.23. The van der Waals surface area contributed by atoms with Crippen molar-refractivity contribution in [3.63, 3.8) is 0 Å². The standard InChI is InChI=1S/C18H16FN7O2S/c19-12-3-1-11(2-4-12)15-13(9-20)16(26-5-7-28-8-6-26)23-17(22-15)24-25-18-21-14(27)10-29-18/h1-4H,5-8,10H2,(H,21,25,27)(H,22,23,24). The van der Waals surface area contributed by atoms with Crippen molar-refractivity contribution in [3.05, 3.63) is 35.6 Å². The fourth-order valence-electron chi connectivity index (χ4n) is 2.91. The summed E-state index contributed by atoms with van der Waals surface area (Å²) in [6.07, 6.45) is 0. The van der Waals surface area contributed by atoms with Crippen molar-refractivity contribution >= 4 is 34.6 Å². The zero-order valence-electron chi connectivity index (χ0n) is 15.2. The van der Waals surface area contributed by atoms with Crippen LogP contribution in [0.25, 0.3) is 11.3 Å². The smallest absolute Gasteiger partial charge is 0.246 e. The van der Waals surface area contributed by atoms with Gasteiger partial charge in [-0.2, -0.15) is 10.2 Å². The average molecular weight is 413 g/mol. The van der Waals surface area contributed by atoms with Gasteiger partial charge in [0.05, 0.1) is 24.7 Å². The number of rotatable bonds is 4. The molecule has 1 aromatic carbocycles. The van der Waals surface area contributed by atoms with Crippen LogP contribution in [0.2, 0.25) is 0 Å². The number of nitrogens with one attached hydrogen (secondary N) is 2. The van der Waals surface area contributed by atoms with E-state index in [9.17, 15) is 14.4 Å². The topological polar surface area (TPSA) is 116 Å². The molecule has 2 saturated heterocycles. The highest BCUT2D eigenvalue weighted by Crippen LogP contribution is 2.30. The van der Waals surface area contributed by atoms with E-state index < -0.39 is 0 Å². The molecule has 0 radical (unpaired) electrons. The monoisotopic (exact) mass is 413 g/mol. The Kier molecular flexibility index (Phi) is 5.55.